The second kappa shape index (κ2) is 5.40. The number of phenols is 1. The molecule has 0 atom stereocenters. The molecule has 0 bridgehead atoms. The van der Waals surface area contributed by atoms with E-state index >= 15 is 0 Å². The molecule has 1 aromatic carbocycles. The van der Waals surface area contributed by atoms with Crippen molar-refractivity contribution in [3.8, 4) is 16.5 Å². The Bertz CT molecular complexity index is 785. The Balaban J connectivity index is 1.97. The number of H-pyrrole nitrogens is 1. The summed E-state index contributed by atoms with van der Waals surface area (Å²) in [6.07, 6.45) is 1.67. The summed E-state index contributed by atoms with van der Waals surface area (Å²) in [5.74, 6) is 0.904. The van der Waals surface area contributed by atoms with Crippen molar-refractivity contribution in [1.29, 1.82) is 0 Å². The summed E-state index contributed by atoms with van der Waals surface area (Å²) in [7, 11) is 0. The van der Waals surface area contributed by atoms with Crippen molar-refractivity contribution < 1.29 is 5.11 Å². The number of benzene rings is 1. The van der Waals surface area contributed by atoms with Gasteiger partial charge in [0.1, 0.15) is 5.75 Å². The molecule has 0 saturated carbocycles. The average molecular weight is 302 g/mol. The quantitative estimate of drug-likeness (QED) is 0.576. The molecule has 0 unspecified atom stereocenters. The summed E-state index contributed by atoms with van der Waals surface area (Å²) >= 11 is 6.75. The molecule has 5 nitrogen and oxygen atoms in total. The Morgan fingerprint density at radius 3 is 2.80 bits per heavy atom. The molecule has 2 heterocycles. The Kier molecular flexibility index (Phi) is 3.44. The van der Waals surface area contributed by atoms with Crippen molar-refractivity contribution >= 4 is 29.8 Å². The fourth-order valence-corrected chi connectivity index (χ4v) is 2.53. The van der Waals surface area contributed by atoms with E-state index in [1.54, 1.807) is 46.5 Å². The van der Waals surface area contributed by atoms with Crippen LogP contribution in [0.4, 0.5) is 0 Å². The summed E-state index contributed by atoms with van der Waals surface area (Å²) in [6.45, 7) is 0. The summed E-state index contributed by atoms with van der Waals surface area (Å²) < 4.78 is 2.01. The van der Waals surface area contributed by atoms with Crippen molar-refractivity contribution in [3.63, 3.8) is 0 Å². The van der Waals surface area contributed by atoms with Gasteiger partial charge < -0.3 is 5.11 Å². The first-order valence-electron chi connectivity index (χ1n) is 5.79. The number of nitrogens with one attached hydrogen (secondary N) is 1. The topological polar surface area (TPSA) is 66.2 Å². The van der Waals surface area contributed by atoms with Gasteiger partial charge in [-0.1, -0.05) is 6.07 Å². The van der Waals surface area contributed by atoms with Crippen LogP contribution in [-0.4, -0.2) is 26.2 Å². The molecule has 2 aromatic heterocycles. The maximum atomic E-state index is 9.24. The van der Waals surface area contributed by atoms with Crippen LogP contribution < -0.4 is 0 Å². The molecule has 3 aromatic rings. The second-order valence-electron chi connectivity index (χ2n) is 3.98. The molecule has 0 radical (unpaired) electrons. The van der Waals surface area contributed by atoms with Gasteiger partial charge in [-0.15, -0.1) is 11.3 Å². The summed E-state index contributed by atoms with van der Waals surface area (Å²) in [5, 5.41) is 22.5. The van der Waals surface area contributed by atoms with Gasteiger partial charge in [0.15, 0.2) is 5.82 Å². The molecule has 0 spiro atoms. The molecule has 0 saturated heterocycles. The van der Waals surface area contributed by atoms with E-state index in [0.29, 0.717) is 10.6 Å². The molecule has 3 rings (SSSR count). The van der Waals surface area contributed by atoms with Gasteiger partial charge in [0.25, 0.3) is 0 Å². The van der Waals surface area contributed by atoms with Crippen molar-refractivity contribution in [2.24, 2.45) is 5.10 Å². The normalized spacial score (nSPS) is 11.2. The number of hydrogen-bond donors (Lipinski definition) is 2. The van der Waals surface area contributed by atoms with Crippen molar-refractivity contribution in [2.75, 3.05) is 0 Å². The number of aromatic hydroxyl groups is 1. The highest BCUT2D eigenvalue weighted by molar-refractivity contribution is 7.71. The Morgan fingerprint density at radius 2 is 2.10 bits per heavy atom. The zero-order valence-electron chi connectivity index (χ0n) is 10.2. The standard InChI is InChI=1S/C13H10N4OS2/c18-10-5-3-9(4-6-10)8-14-17-12(15-16-13(17)19)11-2-1-7-20-11/h1-8,18H,(H,16,19)/b14-8+. The van der Waals surface area contributed by atoms with E-state index in [1.807, 2.05) is 17.5 Å². The van der Waals surface area contributed by atoms with Gasteiger partial charge in [0.2, 0.25) is 4.77 Å². The van der Waals surface area contributed by atoms with Gasteiger partial charge in [0.05, 0.1) is 11.1 Å². The molecule has 0 aliphatic heterocycles. The lowest BCUT2D eigenvalue weighted by molar-refractivity contribution is 0.475. The summed E-state index contributed by atoms with van der Waals surface area (Å²) in [5.41, 5.74) is 0.864. The third kappa shape index (κ3) is 2.54. The minimum Gasteiger partial charge on any atom is -0.508 e. The highest BCUT2D eigenvalue weighted by atomic mass is 32.1. The molecule has 100 valence electrons. The van der Waals surface area contributed by atoms with Gasteiger partial charge in [-0.25, -0.2) is 5.10 Å². The molecular weight excluding hydrogens is 292 g/mol. The van der Waals surface area contributed by atoms with Gasteiger partial charge in [0, 0.05) is 0 Å². The van der Waals surface area contributed by atoms with Crippen LogP contribution in [-0.2, 0) is 0 Å². The first-order valence-corrected chi connectivity index (χ1v) is 7.07. The van der Waals surface area contributed by atoms with Gasteiger partial charge >= 0.3 is 0 Å². The van der Waals surface area contributed by atoms with E-state index in [2.05, 4.69) is 15.3 Å². The van der Waals surface area contributed by atoms with Crippen molar-refractivity contribution in [1.82, 2.24) is 14.9 Å². The molecule has 7 heteroatoms. The summed E-state index contributed by atoms with van der Waals surface area (Å²) in [4.78, 5) is 0.986. The lowest BCUT2D eigenvalue weighted by Gasteiger charge is -1.98. The largest absolute Gasteiger partial charge is 0.508 e. The van der Waals surface area contributed by atoms with E-state index in [0.717, 1.165) is 10.4 Å². The average Bonchev–Trinajstić information content (AvgIpc) is 3.08. The van der Waals surface area contributed by atoms with E-state index in [9.17, 15) is 5.11 Å². The lowest BCUT2D eigenvalue weighted by atomic mass is 10.2. The lowest BCUT2D eigenvalue weighted by Crippen LogP contribution is -1.93. The van der Waals surface area contributed by atoms with Crippen LogP contribution in [0.25, 0.3) is 10.7 Å². The molecular formula is C13H10N4OS2. The predicted octanol–water partition coefficient (Wildman–Crippen LogP) is 3.26. The van der Waals surface area contributed by atoms with Gasteiger partial charge in [-0.2, -0.15) is 14.9 Å². The van der Waals surface area contributed by atoms with Crippen LogP contribution in [0.5, 0.6) is 5.75 Å². The van der Waals surface area contributed by atoms with Crippen molar-refractivity contribution in [2.45, 2.75) is 0 Å². The number of thiophene rings is 1. The van der Waals surface area contributed by atoms with Crippen molar-refractivity contribution in [3.05, 3.63) is 52.1 Å². The molecule has 0 aliphatic carbocycles. The molecule has 2 N–H and O–H groups in total. The SMILES string of the molecule is Oc1ccc(/C=N/n2c(-c3cccs3)n[nH]c2=S)cc1. The minimum absolute atomic E-state index is 0.223. The zero-order chi connectivity index (χ0) is 13.9. The Hall–Kier alpha value is -2.25. The molecule has 20 heavy (non-hydrogen) atoms. The number of aromatic amines is 1. The molecule has 0 amide bonds. The van der Waals surface area contributed by atoms with Crippen LogP contribution in [0.3, 0.4) is 0 Å². The Labute approximate surface area is 123 Å². The van der Waals surface area contributed by atoms with Gasteiger partial charge in [-0.05, 0) is 53.5 Å². The van der Waals surface area contributed by atoms with Gasteiger partial charge in [-0.3, -0.25) is 0 Å². The minimum atomic E-state index is 0.223. The van der Waals surface area contributed by atoms with Crippen LogP contribution in [0.1, 0.15) is 5.56 Å². The third-order valence-electron chi connectivity index (χ3n) is 2.61. The number of phenolic OH excluding ortho intramolecular Hbond substituents is 1. The summed E-state index contributed by atoms with van der Waals surface area (Å²) in [6, 6.07) is 10.7. The highest BCUT2D eigenvalue weighted by Gasteiger charge is 2.08. The smallest absolute Gasteiger partial charge is 0.216 e. The fourth-order valence-electron chi connectivity index (χ4n) is 1.65. The third-order valence-corrected chi connectivity index (χ3v) is 3.74. The first-order chi connectivity index (χ1) is 9.74. The van der Waals surface area contributed by atoms with E-state index in [-0.39, 0.29) is 5.75 Å². The van der Waals surface area contributed by atoms with Crippen LogP contribution in [0.2, 0.25) is 0 Å². The van der Waals surface area contributed by atoms with E-state index in [1.165, 1.54) is 0 Å². The highest BCUT2D eigenvalue weighted by Crippen LogP contribution is 2.22. The Morgan fingerprint density at radius 1 is 1.30 bits per heavy atom. The number of aromatic nitrogens is 3. The fraction of sp³-hybridized carbons (Fsp3) is 0. The first kappa shape index (κ1) is 12.8. The van der Waals surface area contributed by atoms with Crippen LogP contribution >= 0.6 is 23.6 Å². The van der Waals surface area contributed by atoms with E-state index < -0.39 is 0 Å². The number of nitrogens with zero attached hydrogens (tertiary/aromatic N) is 3. The maximum absolute atomic E-state index is 9.24. The van der Waals surface area contributed by atoms with E-state index in [4.69, 9.17) is 12.2 Å². The van der Waals surface area contributed by atoms with Crippen LogP contribution in [0, 0.1) is 4.77 Å². The second-order valence-corrected chi connectivity index (χ2v) is 5.31. The van der Waals surface area contributed by atoms with Crippen LogP contribution in [0.15, 0.2) is 46.9 Å². The number of rotatable bonds is 3. The molecule has 0 aliphatic rings. The number of hydrogen-bond acceptors (Lipinski definition) is 5. The predicted molar refractivity (Wildman–Crippen MR) is 81.8 cm³/mol. The zero-order valence-corrected chi connectivity index (χ0v) is 11.9. The maximum Gasteiger partial charge on any atom is 0.216 e. The monoisotopic (exact) mass is 302 g/mol. The molecule has 0 fully saturated rings.